The monoisotopic (exact) mass is 842 g/mol. The number of thiophene rings is 4. The first-order chi connectivity index (χ1) is 27.6. The smallest absolute Gasteiger partial charge is 0.419 e. The maximum atomic E-state index is 14.8. The number of carbonyl (C=O) groups excluding carboxylic acids is 1. The second kappa shape index (κ2) is 14.3. The Bertz CT molecular complexity index is 3170. The third-order valence-corrected chi connectivity index (χ3v) is 14.1. The molecule has 0 amide bonds. The van der Waals surface area contributed by atoms with E-state index in [2.05, 4.69) is 24.3 Å². The highest BCUT2D eigenvalue weighted by Gasteiger charge is 2.27. The van der Waals surface area contributed by atoms with Gasteiger partial charge in [-0.1, -0.05) is 24.3 Å². The van der Waals surface area contributed by atoms with Gasteiger partial charge in [-0.2, -0.15) is 0 Å². The summed E-state index contributed by atoms with van der Waals surface area (Å²) >= 11 is 6.59. The van der Waals surface area contributed by atoms with Crippen molar-refractivity contribution in [3.63, 3.8) is 0 Å². The predicted octanol–water partition coefficient (Wildman–Crippen LogP) is 12.6. The molecule has 6 heterocycles. The summed E-state index contributed by atoms with van der Waals surface area (Å²) < 4.78 is 15.0. The average Bonchev–Trinajstić information content (AvgIpc) is 4.01. The molecule has 12 heteroatoms. The number of aliphatic hydroxyl groups is 1. The van der Waals surface area contributed by atoms with E-state index < -0.39 is 23.7 Å². The first-order valence-electron chi connectivity index (χ1n) is 18.7. The van der Waals surface area contributed by atoms with Crippen LogP contribution in [-0.4, -0.2) is 31.5 Å². The second-order valence-electron chi connectivity index (χ2n) is 16.0. The molecule has 0 spiro atoms. The highest BCUT2D eigenvalue weighted by molar-refractivity contribution is 7.23. The van der Waals surface area contributed by atoms with Gasteiger partial charge in [0.2, 0.25) is 6.41 Å². The van der Waals surface area contributed by atoms with Crippen molar-refractivity contribution in [3.05, 3.63) is 128 Å². The summed E-state index contributed by atoms with van der Waals surface area (Å²) in [5.41, 5.74) is 0.679. The molecule has 292 valence electrons. The number of aromatic nitrogens is 2. The summed E-state index contributed by atoms with van der Waals surface area (Å²) in [6, 6.07) is 30.6. The number of hydrogen-bond acceptors (Lipinski definition) is 10. The summed E-state index contributed by atoms with van der Waals surface area (Å²) in [5, 5.41) is 17.0. The van der Waals surface area contributed by atoms with E-state index in [1.807, 2.05) is 86.1 Å². The van der Waals surface area contributed by atoms with Crippen molar-refractivity contribution >= 4 is 95.1 Å². The Morgan fingerprint density at radius 3 is 1.57 bits per heavy atom. The number of pyridine rings is 2. The van der Waals surface area contributed by atoms with Crippen LogP contribution in [0.3, 0.4) is 0 Å². The highest BCUT2D eigenvalue weighted by atomic mass is 32.1. The van der Waals surface area contributed by atoms with E-state index in [1.54, 1.807) is 88.9 Å². The van der Waals surface area contributed by atoms with Gasteiger partial charge in [-0.15, -0.1) is 45.3 Å². The van der Waals surface area contributed by atoms with Gasteiger partial charge in [-0.25, -0.2) is 9.36 Å². The summed E-state index contributed by atoms with van der Waals surface area (Å²) in [6.07, 6.45) is -2.22. The number of fused-ring (bicyclic) bond motifs is 4. The fourth-order valence-electron chi connectivity index (χ4n) is 7.22. The molecule has 0 fully saturated rings. The molecule has 3 aromatic carbocycles. The van der Waals surface area contributed by atoms with E-state index >= 15 is 0 Å². The quantitative estimate of drug-likeness (QED) is 0.132. The molecular formula is C46H38N2O6S4. The van der Waals surface area contributed by atoms with Gasteiger partial charge in [0.05, 0.1) is 27.7 Å². The van der Waals surface area contributed by atoms with E-state index in [1.165, 1.54) is 4.57 Å². The molecule has 0 saturated carbocycles. The first-order valence-corrected chi connectivity index (χ1v) is 22.0. The molecule has 0 aliphatic carbocycles. The number of carbonyl (C=O) groups is 1. The third-order valence-electron chi connectivity index (χ3n) is 9.65. The summed E-state index contributed by atoms with van der Waals surface area (Å²) in [4.78, 5) is 50.3. The van der Waals surface area contributed by atoms with Gasteiger partial charge in [0.1, 0.15) is 5.60 Å². The van der Waals surface area contributed by atoms with Crippen molar-refractivity contribution in [2.45, 2.75) is 59.2 Å². The Hall–Kier alpha value is -5.21. The molecule has 9 rings (SSSR count). The van der Waals surface area contributed by atoms with Crippen LogP contribution in [0, 0.1) is 0 Å². The van der Waals surface area contributed by atoms with Crippen LogP contribution < -0.4 is 10.9 Å². The fraction of sp³-hybridized carbons (Fsp3) is 0.196. The number of ether oxygens (including phenoxy) is 2. The zero-order valence-electron chi connectivity index (χ0n) is 32.5. The van der Waals surface area contributed by atoms with Crippen LogP contribution in [0.25, 0.3) is 84.0 Å². The number of hydrogen-bond donors (Lipinski definition) is 1. The molecule has 0 radical (unpaired) electrons. The molecule has 1 unspecified atom stereocenters. The van der Waals surface area contributed by atoms with Gasteiger partial charge in [-0.3, -0.25) is 14.2 Å². The zero-order valence-corrected chi connectivity index (χ0v) is 35.8. The van der Waals surface area contributed by atoms with Crippen LogP contribution in [0.5, 0.6) is 0 Å². The normalized spacial score (nSPS) is 12.9. The van der Waals surface area contributed by atoms with E-state index in [0.717, 1.165) is 40.4 Å². The maximum Gasteiger partial charge on any atom is 0.419 e. The molecular weight excluding hydrogens is 805 g/mol. The predicted molar refractivity (Wildman–Crippen MR) is 242 cm³/mol. The van der Waals surface area contributed by atoms with E-state index in [4.69, 9.17) is 9.47 Å². The fourth-order valence-corrected chi connectivity index (χ4v) is 10.9. The third kappa shape index (κ3) is 6.93. The van der Waals surface area contributed by atoms with Gasteiger partial charge < -0.3 is 14.6 Å². The minimum Gasteiger partial charge on any atom is -0.443 e. The van der Waals surface area contributed by atoms with Gasteiger partial charge in [0.15, 0.2) is 10.9 Å². The lowest BCUT2D eigenvalue weighted by Gasteiger charge is -2.28. The standard InChI is InChI=1S/C46H38N2O6S4/c1-45(2,3)53-43(51)47-31-13-11-25(35-15-17-39(57-35)37-9-7-19-55-37)21-27(31)41(49)29-24-34-30(23-33(29)47)42(50)28-22-26(36-16-18-40(58-36)38-10-8-20-56-38)12-14-32(28)48(34)44(52)54-46(4,5)6/h7-24,43,51H,1-6H3. The van der Waals surface area contributed by atoms with Crippen LogP contribution >= 0.6 is 45.3 Å². The van der Waals surface area contributed by atoms with Gasteiger partial charge >= 0.3 is 6.09 Å². The van der Waals surface area contributed by atoms with Crippen molar-refractivity contribution in [3.8, 4) is 40.4 Å². The number of nitrogens with zero attached hydrogens (tertiary/aromatic N) is 2. The maximum absolute atomic E-state index is 14.8. The molecule has 0 saturated heterocycles. The zero-order chi connectivity index (χ0) is 40.7. The van der Waals surface area contributed by atoms with Gasteiger partial charge in [0.25, 0.3) is 0 Å². The van der Waals surface area contributed by atoms with Crippen LogP contribution in [0.15, 0.2) is 117 Å². The number of benzene rings is 3. The van der Waals surface area contributed by atoms with E-state index in [9.17, 15) is 19.5 Å². The van der Waals surface area contributed by atoms with Gasteiger partial charge in [0, 0.05) is 50.8 Å². The summed E-state index contributed by atoms with van der Waals surface area (Å²) in [5.74, 6) is 0. The van der Waals surface area contributed by atoms with Crippen LogP contribution in [-0.2, 0) is 9.47 Å². The average molecular weight is 843 g/mol. The van der Waals surface area contributed by atoms with Crippen molar-refractivity contribution in [1.29, 1.82) is 0 Å². The highest BCUT2D eigenvalue weighted by Crippen LogP contribution is 2.40. The van der Waals surface area contributed by atoms with Crippen molar-refractivity contribution in [2.24, 2.45) is 0 Å². The Labute approximate surface area is 349 Å². The van der Waals surface area contributed by atoms with Crippen molar-refractivity contribution < 1.29 is 19.4 Å². The Kier molecular flexibility index (Phi) is 9.42. The lowest BCUT2D eigenvalue weighted by molar-refractivity contribution is -0.206. The Morgan fingerprint density at radius 2 is 1.05 bits per heavy atom. The van der Waals surface area contributed by atoms with Crippen molar-refractivity contribution in [2.75, 3.05) is 0 Å². The SMILES string of the molecule is CC(C)(C)OC(=O)n1c2ccc(-c3ccc(-c4cccs4)s3)cc2c(=O)c2cc3c(cc21)c(=O)c1cc(-c2ccc(-c4cccs4)s2)ccc1n3C(O)OC(C)(C)C. The Balaban J connectivity index is 1.32. The lowest BCUT2D eigenvalue weighted by atomic mass is 10.0. The molecule has 0 bridgehead atoms. The molecule has 0 aliphatic rings. The molecule has 8 nitrogen and oxygen atoms in total. The second-order valence-corrected chi connectivity index (χ2v) is 20.1. The largest absolute Gasteiger partial charge is 0.443 e. The molecule has 9 aromatic rings. The van der Waals surface area contributed by atoms with Crippen LogP contribution in [0.4, 0.5) is 4.79 Å². The van der Waals surface area contributed by atoms with Crippen molar-refractivity contribution in [1.82, 2.24) is 9.13 Å². The summed E-state index contributed by atoms with van der Waals surface area (Å²) in [6.45, 7) is 10.8. The molecule has 58 heavy (non-hydrogen) atoms. The first kappa shape index (κ1) is 38.3. The minimum atomic E-state index is -1.53. The van der Waals surface area contributed by atoms with E-state index in [0.29, 0.717) is 21.8 Å². The van der Waals surface area contributed by atoms with E-state index in [-0.39, 0.29) is 32.7 Å². The molecule has 1 atom stereocenters. The number of aliphatic hydroxyl groups excluding tert-OH is 1. The topological polar surface area (TPSA) is 99.8 Å². The van der Waals surface area contributed by atoms with Crippen LogP contribution in [0.1, 0.15) is 48.0 Å². The number of rotatable bonds is 6. The van der Waals surface area contributed by atoms with Crippen LogP contribution in [0.2, 0.25) is 0 Å². The Morgan fingerprint density at radius 1 is 0.569 bits per heavy atom. The van der Waals surface area contributed by atoms with Gasteiger partial charge in [-0.05, 0) is 136 Å². The lowest BCUT2D eigenvalue weighted by Crippen LogP contribution is -2.29. The molecule has 1 N–H and O–H groups in total. The molecule has 6 aromatic heterocycles. The summed E-state index contributed by atoms with van der Waals surface area (Å²) in [7, 11) is 0. The minimum absolute atomic E-state index is 0.181. The molecule has 0 aliphatic heterocycles.